The van der Waals surface area contributed by atoms with E-state index in [1.807, 2.05) is 12.1 Å². The predicted molar refractivity (Wildman–Crippen MR) is 78.7 cm³/mol. The number of rotatable bonds is 6. The van der Waals surface area contributed by atoms with E-state index in [1.165, 1.54) is 16.9 Å². The highest BCUT2D eigenvalue weighted by Crippen LogP contribution is 2.31. The molecule has 0 bridgehead atoms. The summed E-state index contributed by atoms with van der Waals surface area (Å²) in [6.07, 6.45) is 2.11. The van der Waals surface area contributed by atoms with Gasteiger partial charge in [0.25, 0.3) is 0 Å². The van der Waals surface area contributed by atoms with Crippen molar-refractivity contribution in [2.24, 2.45) is 5.92 Å². The van der Waals surface area contributed by atoms with Gasteiger partial charge in [-0.15, -0.1) is 0 Å². The Bertz CT molecular complexity index is 528. The number of aliphatic carboxylic acids is 1. The van der Waals surface area contributed by atoms with E-state index < -0.39 is 5.97 Å². The first-order valence-electron chi connectivity index (χ1n) is 6.90. The highest BCUT2D eigenvalue weighted by molar-refractivity contribution is 5.94. The minimum Gasteiger partial charge on any atom is -0.495 e. The van der Waals surface area contributed by atoms with Crippen LogP contribution in [0.15, 0.2) is 24.3 Å². The molecule has 1 saturated carbocycles. The van der Waals surface area contributed by atoms with Gasteiger partial charge in [0.1, 0.15) is 12.3 Å². The summed E-state index contributed by atoms with van der Waals surface area (Å²) in [6.45, 7) is 0.208. The lowest BCUT2D eigenvalue weighted by Crippen LogP contribution is -2.44. The van der Waals surface area contributed by atoms with E-state index in [1.54, 1.807) is 19.2 Å². The number of para-hydroxylation sites is 2. The molecular weight excluding hydrogens is 272 g/mol. The molecule has 21 heavy (non-hydrogen) atoms. The molecule has 0 spiro atoms. The zero-order valence-electron chi connectivity index (χ0n) is 12.3. The van der Waals surface area contributed by atoms with E-state index in [0.29, 0.717) is 23.9 Å². The van der Waals surface area contributed by atoms with Crippen LogP contribution in [0, 0.1) is 5.92 Å². The molecule has 0 saturated heterocycles. The third kappa shape index (κ3) is 3.87. The number of methoxy groups -OCH3 is 1. The Morgan fingerprint density at radius 3 is 2.57 bits per heavy atom. The zero-order chi connectivity index (χ0) is 15.4. The van der Waals surface area contributed by atoms with Gasteiger partial charge in [0.05, 0.1) is 12.8 Å². The van der Waals surface area contributed by atoms with Crippen LogP contribution in [0.3, 0.4) is 0 Å². The Labute approximate surface area is 123 Å². The van der Waals surface area contributed by atoms with Crippen molar-refractivity contribution in [3.8, 4) is 5.75 Å². The molecule has 6 heteroatoms. The van der Waals surface area contributed by atoms with E-state index in [0.717, 1.165) is 12.8 Å². The van der Waals surface area contributed by atoms with Crippen molar-refractivity contribution in [2.45, 2.75) is 12.8 Å². The lowest BCUT2D eigenvalue weighted by Gasteiger charge is -2.28. The molecule has 1 aliphatic carbocycles. The molecule has 0 unspecified atom stereocenters. The lowest BCUT2D eigenvalue weighted by atomic mass is 10.2. The highest BCUT2D eigenvalue weighted by atomic mass is 16.5. The van der Waals surface area contributed by atoms with Crippen molar-refractivity contribution in [3.05, 3.63) is 24.3 Å². The first-order valence-corrected chi connectivity index (χ1v) is 6.90. The Morgan fingerprint density at radius 2 is 2.00 bits per heavy atom. The summed E-state index contributed by atoms with van der Waals surface area (Å²) in [5.41, 5.74) is 0.621. The molecule has 1 aliphatic rings. The minimum atomic E-state index is -1.00. The molecule has 114 valence electrons. The Morgan fingerprint density at radius 1 is 1.33 bits per heavy atom. The molecule has 0 aromatic heterocycles. The topological polar surface area (TPSA) is 70.1 Å². The number of carbonyl (C=O) groups excluding carboxylic acids is 1. The van der Waals surface area contributed by atoms with Gasteiger partial charge >= 0.3 is 12.0 Å². The molecule has 1 fully saturated rings. The SMILES string of the molecule is COc1ccccc1N(C)C(=O)N(CC(=O)O)CC1CC1. The van der Waals surface area contributed by atoms with Crippen molar-refractivity contribution in [2.75, 3.05) is 32.1 Å². The summed E-state index contributed by atoms with van der Waals surface area (Å²) in [5, 5.41) is 8.98. The first kappa shape index (κ1) is 15.2. The monoisotopic (exact) mass is 292 g/mol. The number of hydrogen-bond acceptors (Lipinski definition) is 3. The van der Waals surface area contributed by atoms with Crippen molar-refractivity contribution < 1.29 is 19.4 Å². The van der Waals surface area contributed by atoms with Crippen LogP contribution in [0.1, 0.15) is 12.8 Å². The number of amides is 2. The number of urea groups is 1. The van der Waals surface area contributed by atoms with Gasteiger partial charge in [0.15, 0.2) is 0 Å². The molecule has 2 rings (SSSR count). The quantitative estimate of drug-likeness (QED) is 0.871. The van der Waals surface area contributed by atoms with Crippen LogP contribution < -0.4 is 9.64 Å². The predicted octanol–water partition coefficient (Wildman–Crippen LogP) is 2.05. The van der Waals surface area contributed by atoms with Crippen molar-refractivity contribution >= 4 is 17.7 Å². The summed E-state index contributed by atoms with van der Waals surface area (Å²) in [5.74, 6) is 0.00634. The van der Waals surface area contributed by atoms with Crippen LogP contribution in [-0.2, 0) is 4.79 Å². The van der Waals surface area contributed by atoms with Gasteiger partial charge in [-0.25, -0.2) is 4.79 Å². The summed E-state index contributed by atoms with van der Waals surface area (Å²) in [6, 6.07) is 6.84. The molecular formula is C15H20N2O4. The van der Waals surface area contributed by atoms with Crippen LogP contribution in [0.2, 0.25) is 0 Å². The maximum Gasteiger partial charge on any atom is 0.324 e. The Kier molecular flexibility index (Phi) is 4.67. The summed E-state index contributed by atoms with van der Waals surface area (Å²) in [7, 11) is 3.16. The maximum absolute atomic E-state index is 12.5. The standard InChI is InChI=1S/C15H20N2O4/c1-16(12-5-3-4-6-13(12)21-2)15(20)17(10-14(18)19)9-11-7-8-11/h3-6,11H,7-10H2,1-2H3,(H,18,19). The summed E-state index contributed by atoms with van der Waals surface area (Å²) >= 11 is 0. The third-order valence-corrected chi connectivity index (χ3v) is 3.51. The number of carbonyl (C=O) groups is 2. The second kappa shape index (κ2) is 6.47. The second-order valence-corrected chi connectivity index (χ2v) is 5.23. The first-order chi connectivity index (χ1) is 10.0. The molecule has 0 radical (unpaired) electrons. The largest absolute Gasteiger partial charge is 0.495 e. The molecule has 1 aromatic carbocycles. The fraction of sp³-hybridized carbons (Fsp3) is 0.467. The molecule has 2 amide bonds. The van der Waals surface area contributed by atoms with Crippen molar-refractivity contribution in [3.63, 3.8) is 0 Å². The molecule has 0 aliphatic heterocycles. The van der Waals surface area contributed by atoms with Gasteiger partial charge in [-0.05, 0) is 30.9 Å². The fourth-order valence-corrected chi connectivity index (χ4v) is 2.21. The van der Waals surface area contributed by atoms with Crippen LogP contribution in [0.4, 0.5) is 10.5 Å². The molecule has 0 atom stereocenters. The number of benzene rings is 1. The van der Waals surface area contributed by atoms with Gasteiger partial charge in [0.2, 0.25) is 0 Å². The number of nitrogens with zero attached hydrogens (tertiary/aromatic N) is 2. The average Bonchev–Trinajstić information content (AvgIpc) is 3.28. The summed E-state index contributed by atoms with van der Waals surface area (Å²) in [4.78, 5) is 26.3. The minimum absolute atomic E-state index is 0.283. The number of carboxylic acids is 1. The number of carboxylic acid groups (broad SMARTS) is 1. The van der Waals surface area contributed by atoms with Crippen LogP contribution in [0.5, 0.6) is 5.75 Å². The summed E-state index contributed by atoms with van der Waals surface area (Å²) < 4.78 is 5.24. The molecule has 0 heterocycles. The van der Waals surface area contributed by atoms with Gasteiger partial charge in [-0.1, -0.05) is 12.1 Å². The fourth-order valence-electron chi connectivity index (χ4n) is 2.21. The van der Waals surface area contributed by atoms with Gasteiger partial charge in [-0.2, -0.15) is 0 Å². The van der Waals surface area contributed by atoms with E-state index in [-0.39, 0.29) is 12.6 Å². The number of hydrogen-bond donors (Lipinski definition) is 1. The average molecular weight is 292 g/mol. The van der Waals surface area contributed by atoms with E-state index in [9.17, 15) is 9.59 Å². The smallest absolute Gasteiger partial charge is 0.324 e. The molecule has 1 aromatic rings. The molecule has 1 N–H and O–H groups in total. The van der Waals surface area contributed by atoms with Crippen LogP contribution >= 0.6 is 0 Å². The van der Waals surface area contributed by atoms with Gasteiger partial charge in [0, 0.05) is 13.6 Å². The van der Waals surface area contributed by atoms with Crippen LogP contribution in [0.25, 0.3) is 0 Å². The normalized spacial score (nSPS) is 13.6. The van der Waals surface area contributed by atoms with Crippen molar-refractivity contribution in [1.29, 1.82) is 0 Å². The van der Waals surface area contributed by atoms with Crippen LogP contribution in [-0.4, -0.2) is 49.3 Å². The van der Waals surface area contributed by atoms with E-state index in [4.69, 9.17) is 9.84 Å². The van der Waals surface area contributed by atoms with E-state index >= 15 is 0 Å². The maximum atomic E-state index is 12.5. The van der Waals surface area contributed by atoms with E-state index in [2.05, 4.69) is 0 Å². The van der Waals surface area contributed by atoms with Gasteiger partial charge in [-0.3, -0.25) is 9.69 Å². The number of ether oxygens (including phenoxy) is 1. The molecule has 6 nitrogen and oxygen atoms in total. The van der Waals surface area contributed by atoms with Gasteiger partial charge < -0.3 is 14.7 Å². The zero-order valence-corrected chi connectivity index (χ0v) is 12.3. The Hall–Kier alpha value is -2.24. The Balaban J connectivity index is 2.15. The number of anilines is 1. The highest BCUT2D eigenvalue weighted by Gasteiger charge is 2.30. The lowest BCUT2D eigenvalue weighted by molar-refractivity contribution is -0.137. The second-order valence-electron chi connectivity index (χ2n) is 5.23. The van der Waals surface area contributed by atoms with Crippen molar-refractivity contribution in [1.82, 2.24) is 4.90 Å². The third-order valence-electron chi connectivity index (χ3n) is 3.51.